The van der Waals surface area contributed by atoms with Gasteiger partial charge in [-0.15, -0.1) is 0 Å². The number of aryl methyl sites for hydroxylation is 1. The Morgan fingerprint density at radius 2 is 1.77 bits per heavy atom. The van der Waals surface area contributed by atoms with Gasteiger partial charge in [0.1, 0.15) is 18.2 Å². The third-order valence-corrected chi connectivity index (χ3v) is 7.46. The van der Waals surface area contributed by atoms with Crippen LogP contribution in [-0.4, -0.2) is 22.1 Å². The lowest BCUT2D eigenvalue weighted by molar-refractivity contribution is -0.138. The molecule has 0 amide bonds. The van der Waals surface area contributed by atoms with Gasteiger partial charge in [-0.3, -0.25) is 4.31 Å². The molecular formula is C24H20F5NO4S. The molecule has 0 fully saturated rings. The van der Waals surface area contributed by atoms with E-state index in [9.17, 15) is 30.4 Å². The summed E-state index contributed by atoms with van der Waals surface area (Å²) in [4.78, 5) is -0.184. The third kappa shape index (κ3) is 4.90. The van der Waals surface area contributed by atoms with Crippen molar-refractivity contribution >= 4 is 15.7 Å². The Morgan fingerprint density at radius 1 is 1.00 bits per heavy atom. The molecule has 1 aliphatic heterocycles. The number of fused-ring (bicyclic) bond motifs is 1. The molecule has 35 heavy (non-hydrogen) atoms. The van der Waals surface area contributed by atoms with Crippen molar-refractivity contribution in [2.24, 2.45) is 0 Å². The van der Waals surface area contributed by atoms with Crippen molar-refractivity contribution < 1.29 is 39.8 Å². The molecule has 0 spiro atoms. The molecule has 11 heteroatoms. The third-order valence-electron chi connectivity index (χ3n) is 5.65. The Bertz CT molecular complexity index is 1360. The van der Waals surface area contributed by atoms with Crippen LogP contribution < -0.4 is 13.8 Å². The molecule has 4 rings (SSSR count). The molecule has 0 saturated carbocycles. The van der Waals surface area contributed by atoms with Crippen molar-refractivity contribution in [3.05, 3.63) is 82.9 Å². The SMILES string of the molecule is COc1cc(S(=O)(=O)N2CCCc3ccc(OCc4c(F)cccc4C(F)(F)F)cc32)ccc1F. The van der Waals surface area contributed by atoms with Crippen molar-refractivity contribution in [3.63, 3.8) is 0 Å². The Labute approximate surface area is 198 Å². The lowest BCUT2D eigenvalue weighted by atomic mass is 10.0. The van der Waals surface area contributed by atoms with E-state index >= 15 is 0 Å². The zero-order chi connectivity index (χ0) is 25.4. The quantitative estimate of drug-likeness (QED) is 0.396. The van der Waals surface area contributed by atoms with E-state index in [4.69, 9.17) is 9.47 Å². The molecule has 0 aliphatic carbocycles. The number of halogens is 5. The average molecular weight is 513 g/mol. The lowest BCUT2D eigenvalue weighted by Gasteiger charge is -2.31. The van der Waals surface area contributed by atoms with Crippen LogP contribution in [0.1, 0.15) is 23.1 Å². The van der Waals surface area contributed by atoms with Gasteiger partial charge in [0.25, 0.3) is 10.0 Å². The molecular weight excluding hydrogens is 493 g/mol. The van der Waals surface area contributed by atoms with Crippen LogP contribution >= 0.6 is 0 Å². The molecule has 0 aromatic heterocycles. The number of sulfonamides is 1. The van der Waals surface area contributed by atoms with Crippen molar-refractivity contribution in [3.8, 4) is 11.5 Å². The van der Waals surface area contributed by atoms with Gasteiger partial charge < -0.3 is 9.47 Å². The van der Waals surface area contributed by atoms with Gasteiger partial charge in [0, 0.05) is 24.2 Å². The number of ether oxygens (including phenoxy) is 2. The Kier molecular flexibility index (Phi) is 6.63. The largest absolute Gasteiger partial charge is 0.494 e. The summed E-state index contributed by atoms with van der Waals surface area (Å²) in [6.45, 7) is -0.577. The van der Waals surface area contributed by atoms with Crippen LogP contribution in [0.5, 0.6) is 11.5 Å². The summed E-state index contributed by atoms with van der Waals surface area (Å²) in [7, 11) is -2.90. The maximum atomic E-state index is 14.1. The van der Waals surface area contributed by atoms with Crippen molar-refractivity contribution in [1.82, 2.24) is 0 Å². The second-order valence-corrected chi connectivity index (χ2v) is 9.68. The minimum atomic E-state index is -4.77. The molecule has 0 unspecified atom stereocenters. The number of alkyl halides is 3. The Hall–Kier alpha value is -3.34. The highest BCUT2D eigenvalue weighted by Crippen LogP contribution is 2.37. The number of hydrogen-bond acceptors (Lipinski definition) is 4. The van der Waals surface area contributed by atoms with E-state index in [0.717, 1.165) is 40.7 Å². The number of methoxy groups -OCH3 is 1. The lowest BCUT2D eigenvalue weighted by Crippen LogP contribution is -2.35. The van der Waals surface area contributed by atoms with Gasteiger partial charge in [-0.1, -0.05) is 12.1 Å². The smallest absolute Gasteiger partial charge is 0.416 e. The number of anilines is 1. The van der Waals surface area contributed by atoms with Crippen LogP contribution in [0.2, 0.25) is 0 Å². The molecule has 0 bridgehead atoms. The zero-order valence-electron chi connectivity index (χ0n) is 18.4. The van der Waals surface area contributed by atoms with Crippen molar-refractivity contribution in [2.75, 3.05) is 18.0 Å². The molecule has 0 atom stereocenters. The van der Waals surface area contributed by atoms with Crippen molar-refractivity contribution in [1.29, 1.82) is 0 Å². The van der Waals surface area contributed by atoms with E-state index in [1.807, 2.05) is 0 Å². The van der Waals surface area contributed by atoms with Gasteiger partial charge in [0.05, 0.1) is 23.3 Å². The highest BCUT2D eigenvalue weighted by molar-refractivity contribution is 7.92. The number of hydrogen-bond donors (Lipinski definition) is 0. The normalized spacial score (nSPS) is 13.9. The first-order chi connectivity index (χ1) is 16.5. The van der Waals surface area contributed by atoms with Crippen LogP contribution in [0.15, 0.2) is 59.5 Å². The van der Waals surface area contributed by atoms with Gasteiger partial charge in [-0.05, 0) is 48.7 Å². The topological polar surface area (TPSA) is 55.8 Å². The number of nitrogens with zero attached hydrogens (tertiary/aromatic N) is 1. The summed E-state index contributed by atoms with van der Waals surface area (Å²) >= 11 is 0. The summed E-state index contributed by atoms with van der Waals surface area (Å²) in [6.07, 6.45) is -3.67. The van der Waals surface area contributed by atoms with Gasteiger partial charge in [0.2, 0.25) is 0 Å². The monoisotopic (exact) mass is 513 g/mol. The molecule has 186 valence electrons. The maximum absolute atomic E-state index is 14.1. The maximum Gasteiger partial charge on any atom is 0.416 e. The van der Waals surface area contributed by atoms with Gasteiger partial charge >= 0.3 is 6.18 Å². The standard InChI is InChI=1S/C24H20F5NO4S/c1-33-23-13-17(9-10-21(23)26)35(31,32)30-11-3-4-15-7-8-16(12-22(15)30)34-14-18-19(24(27,28)29)5-2-6-20(18)25/h2,5-10,12-13H,3-4,11,14H2,1H3. The van der Waals surface area contributed by atoms with E-state index in [-0.39, 0.29) is 28.6 Å². The van der Waals surface area contributed by atoms with Gasteiger partial charge in [-0.2, -0.15) is 13.2 Å². The zero-order valence-corrected chi connectivity index (χ0v) is 19.2. The summed E-state index contributed by atoms with van der Waals surface area (Å²) in [5.74, 6) is -1.94. The molecule has 1 heterocycles. The fourth-order valence-electron chi connectivity index (χ4n) is 3.91. The molecule has 3 aromatic carbocycles. The fraction of sp³-hybridized carbons (Fsp3) is 0.250. The predicted octanol–water partition coefficient (Wildman–Crippen LogP) is 5.71. The van der Waals surface area contributed by atoms with E-state index < -0.39 is 45.6 Å². The van der Waals surface area contributed by atoms with E-state index in [1.54, 1.807) is 6.07 Å². The first-order valence-corrected chi connectivity index (χ1v) is 11.9. The van der Waals surface area contributed by atoms with Crippen LogP contribution in [0.25, 0.3) is 0 Å². The molecule has 1 aliphatic rings. The Balaban J connectivity index is 1.66. The Morgan fingerprint density at radius 3 is 2.49 bits per heavy atom. The second kappa shape index (κ2) is 9.37. The average Bonchev–Trinajstić information content (AvgIpc) is 2.82. The summed E-state index contributed by atoms with van der Waals surface area (Å²) in [5.41, 5.74) is -0.838. The second-order valence-electron chi connectivity index (χ2n) is 7.82. The van der Waals surface area contributed by atoms with E-state index in [0.29, 0.717) is 18.4 Å². The summed E-state index contributed by atoms with van der Waals surface area (Å²) < 4.78 is 106. The summed E-state index contributed by atoms with van der Waals surface area (Å²) in [6, 6.07) is 10.3. The van der Waals surface area contributed by atoms with Crippen LogP contribution in [0.3, 0.4) is 0 Å². The fourth-order valence-corrected chi connectivity index (χ4v) is 5.46. The minimum absolute atomic E-state index is 0.0684. The summed E-state index contributed by atoms with van der Waals surface area (Å²) in [5, 5.41) is 0. The number of benzene rings is 3. The molecule has 3 aromatic rings. The highest BCUT2D eigenvalue weighted by Gasteiger charge is 2.35. The minimum Gasteiger partial charge on any atom is -0.494 e. The van der Waals surface area contributed by atoms with Crippen LogP contribution in [-0.2, 0) is 29.2 Å². The van der Waals surface area contributed by atoms with Crippen LogP contribution in [0, 0.1) is 11.6 Å². The molecule has 0 radical (unpaired) electrons. The van der Waals surface area contributed by atoms with Gasteiger partial charge in [0.15, 0.2) is 11.6 Å². The number of rotatable bonds is 6. The predicted molar refractivity (Wildman–Crippen MR) is 118 cm³/mol. The molecule has 0 saturated heterocycles. The van der Waals surface area contributed by atoms with E-state index in [1.165, 1.54) is 19.2 Å². The molecule has 0 N–H and O–H groups in total. The van der Waals surface area contributed by atoms with E-state index in [2.05, 4.69) is 0 Å². The van der Waals surface area contributed by atoms with Crippen molar-refractivity contribution in [2.45, 2.75) is 30.5 Å². The first-order valence-electron chi connectivity index (χ1n) is 10.5. The molecule has 5 nitrogen and oxygen atoms in total. The highest BCUT2D eigenvalue weighted by atomic mass is 32.2. The first kappa shape index (κ1) is 24.8. The van der Waals surface area contributed by atoms with Gasteiger partial charge in [-0.25, -0.2) is 17.2 Å². The van der Waals surface area contributed by atoms with Crippen LogP contribution in [0.4, 0.5) is 27.6 Å².